The van der Waals surface area contributed by atoms with Crippen molar-refractivity contribution >= 4 is 6.09 Å². The molecule has 2 aliphatic rings. The molecule has 1 atom stereocenters. The third kappa shape index (κ3) is 2.79. The van der Waals surface area contributed by atoms with Crippen LogP contribution in [0.2, 0.25) is 0 Å². The Kier molecular flexibility index (Phi) is 4.19. The molecule has 2 aromatic rings. The lowest BCUT2D eigenvalue weighted by atomic mass is 9.98. The fraction of sp³-hybridized carbons (Fsp3) is 0.350. The Hall–Kier alpha value is -2.37. The first-order chi connectivity index (χ1) is 12.2. The summed E-state index contributed by atoms with van der Waals surface area (Å²) in [6.45, 7) is 0.747. The van der Waals surface area contributed by atoms with Gasteiger partial charge in [0, 0.05) is 12.5 Å². The third-order valence-corrected chi connectivity index (χ3v) is 5.21. The van der Waals surface area contributed by atoms with Crippen LogP contribution in [0.4, 0.5) is 4.79 Å². The number of carbonyl (C=O) groups excluding carboxylic acids is 1. The standard InChI is InChI=1S/C20H21NO4/c22-19(23)18-10-5-11-21(18)20(24)25-12-17-15-8-3-1-6-13(15)14-7-2-4-9-16(14)17/h1-4,6-9,17-19,22-23H,5,10-12H2. The first-order valence-corrected chi connectivity index (χ1v) is 8.64. The molecule has 25 heavy (non-hydrogen) atoms. The van der Waals surface area contributed by atoms with Crippen molar-refractivity contribution in [1.82, 2.24) is 4.90 Å². The first-order valence-electron chi connectivity index (χ1n) is 8.64. The fourth-order valence-electron chi connectivity index (χ4n) is 4.01. The number of rotatable bonds is 3. The monoisotopic (exact) mass is 339 g/mol. The minimum atomic E-state index is -1.53. The quantitative estimate of drug-likeness (QED) is 0.844. The van der Waals surface area contributed by atoms with E-state index >= 15 is 0 Å². The van der Waals surface area contributed by atoms with Crippen molar-refractivity contribution in [3.8, 4) is 11.1 Å². The lowest BCUT2D eigenvalue weighted by Crippen LogP contribution is -2.43. The van der Waals surface area contributed by atoms with Crippen LogP contribution in [0.3, 0.4) is 0 Å². The molecule has 1 heterocycles. The first kappa shape index (κ1) is 16.1. The van der Waals surface area contributed by atoms with Crippen LogP contribution in [-0.2, 0) is 4.74 Å². The molecule has 0 spiro atoms. The summed E-state index contributed by atoms with van der Waals surface area (Å²) in [5.41, 5.74) is 4.70. The van der Waals surface area contributed by atoms with E-state index in [1.54, 1.807) is 0 Å². The lowest BCUT2D eigenvalue weighted by Gasteiger charge is -2.26. The zero-order chi connectivity index (χ0) is 17.4. The molecule has 2 aromatic carbocycles. The second-order valence-corrected chi connectivity index (χ2v) is 6.62. The maximum absolute atomic E-state index is 12.4. The number of aliphatic hydroxyl groups is 2. The highest BCUT2D eigenvalue weighted by atomic mass is 16.6. The van der Waals surface area contributed by atoms with E-state index in [-0.39, 0.29) is 12.5 Å². The molecule has 0 aromatic heterocycles. The van der Waals surface area contributed by atoms with Gasteiger partial charge in [0.25, 0.3) is 0 Å². The summed E-state index contributed by atoms with van der Waals surface area (Å²) in [6, 6.07) is 15.8. The van der Waals surface area contributed by atoms with Crippen LogP contribution < -0.4 is 0 Å². The highest BCUT2D eigenvalue weighted by Gasteiger charge is 2.35. The fourth-order valence-corrected chi connectivity index (χ4v) is 4.01. The predicted molar refractivity (Wildman–Crippen MR) is 93.0 cm³/mol. The number of aliphatic hydroxyl groups excluding tert-OH is 1. The number of nitrogens with zero attached hydrogens (tertiary/aromatic N) is 1. The zero-order valence-corrected chi connectivity index (χ0v) is 13.8. The van der Waals surface area contributed by atoms with E-state index in [4.69, 9.17) is 4.74 Å². The molecule has 1 unspecified atom stereocenters. The van der Waals surface area contributed by atoms with E-state index < -0.39 is 18.4 Å². The highest BCUT2D eigenvalue weighted by Crippen LogP contribution is 2.44. The van der Waals surface area contributed by atoms with Gasteiger partial charge in [-0.25, -0.2) is 4.79 Å². The second kappa shape index (κ2) is 6.50. The molecule has 1 amide bonds. The van der Waals surface area contributed by atoms with E-state index in [2.05, 4.69) is 24.3 Å². The van der Waals surface area contributed by atoms with Crippen LogP contribution in [0.25, 0.3) is 11.1 Å². The summed E-state index contributed by atoms with van der Waals surface area (Å²) in [4.78, 5) is 13.9. The van der Waals surface area contributed by atoms with Gasteiger partial charge in [0.2, 0.25) is 0 Å². The second-order valence-electron chi connectivity index (χ2n) is 6.62. The summed E-state index contributed by atoms with van der Waals surface area (Å²) in [7, 11) is 0. The Morgan fingerprint density at radius 3 is 2.28 bits per heavy atom. The molecule has 1 fully saturated rings. The van der Waals surface area contributed by atoms with Gasteiger partial charge in [0.1, 0.15) is 6.61 Å². The largest absolute Gasteiger partial charge is 0.448 e. The SMILES string of the molecule is O=C(OCC1c2ccccc2-c2ccccc21)N1CCCC1C(O)O. The summed E-state index contributed by atoms with van der Waals surface area (Å²) in [5, 5.41) is 18.8. The van der Waals surface area contributed by atoms with Crippen LogP contribution >= 0.6 is 0 Å². The molecular weight excluding hydrogens is 318 g/mol. The number of likely N-dealkylation sites (tertiary alicyclic amines) is 1. The number of ether oxygens (including phenoxy) is 1. The summed E-state index contributed by atoms with van der Waals surface area (Å²) < 4.78 is 5.57. The van der Waals surface area contributed by atoms with Crippen molar-refractivity contribution in [2.75, 3.05) is 13.2 Å². The van der Waals surface area contributed by atoms with Gasteiger partial charge in [-0.15, -0.1) is 0 Å². The van der Waals surface area contributed by atoms with E-state index in [0.717, 1.165) is 17.5 Å². The molecule has 1 aliphatic carbocycles. The number of hydrogen-bond donors (Lipinski definition) is 2. The Morgan fingerprint density at radius 2 is 1.68 bits per heavy atom. The van der Waals surface area contributed by atoms with Crippen LogP contribution in [0.15, 0.2) is 48.5 Å². The van der Waals surface area contributed by atoms with Crippen molar-refractivity contribution in [3.63, 3.8) is 0 Å². The van der Waals surface area contributed by atoms with Crippen molar-refractivity contribution in [2.45, 2.75) is 31.1 Å². The van der Waals surface area contributed by atoms with Crippen molar-refractivity contribution in [1.29, 1.82) is 0 Å². The molecule has 0 saturated carbocycles. The molecule has 1 aliphatic heterocycles. The van der Waals surface area contributed by atoms with Crippen LogP contribution in [-0.4, -0.2) is 46.7 Å². The lowest BCUT2D eigenvalue weighted by molar-refractivity contribution is -0.0871. The molecule has 0 bridgehead atoms. The number of carbonyl (C=O) groups is 1. The van der Waals surface area contributed by atoms with Gasteiger partial charge in [-0.2, -0.15) is 0 Å². The minimum absolute atomic E-state index is 0.0106. The molecule has 5 nitrogen and oxygen atoms in total. The van der Waals surface area contributed by atoms with Gasteiger partial charge in [-0.1, -0.05) is 48.5 Å². The Morgan fingerprint density at radius 1 is 1.08 bits per heavy atom. The molecular formula is C20H21NO4. The third-order valence-electron chi connectivity index (χ3n) is 5.21. The topological polar surface area (TPSA) is 70.0 Å². The van der Waals surface area contributed by atoms with Crippen LogP contribution in [0, 0.1) is 0 Å². The van der Waals surface area contributed by atoms with Gasteiger partial charge < -0.3 is 19.8 Å². The van der Waals surface area contributed by atoms with Gasteiger partial charge in [-0.3, -0.25) is 0 Å². The molecule has 0 radical (unpaired) electrons. The van der Waals surface area contributed by atoms with E-state index in [1.807, 2.05) is 24.3 Å². The number of amides is 1. The minimum Gasteiger partial charge on any atom is -0.448 e. The summed E-state index contributed by atoms with van der Waals surface area (Å²) in [6.07, 6.45) is -0.658. The number of benzene rings is 2. The molecule has 2 N–H and O–H groups in total. The van der Waals surface area contributed by atoms with Gasteiger partial charge in [-0.05, 0) is 35.1 Å². The normalized spacial score (nSPS) is 19.2. The average molecular weight is 339 g/mol. The summed E-state index contributed by atoms with van der Waals surface area (Å²) in [5.74, 6) is 0.0106. The van der Waals surface area contributed by atoms with E-state index in [9.17, 15) is 15.0 Å². The number of hydrogen-bond acceptors (Lipinski definition) is 4. The number of fused-ring (bicyclic) bond motifs is 3. The Balaban J connectivity index is 1.53. The van der Waals surface area contributed by atoms with E-state index in [0.29, 0.717) is 13.0 Å². The predicted octanol–water partition coefficient (Wildman–Crippen LogP) is 2.71. The maximum atomic E-state index is 12.4. The van der Waals surface area contributed by atoms with Gasteiger partial charge >= 0.3 is 6.09 Å². The molecule has 1 saturated heterocycles. The average Bonchev–Trinajstić information content (AvgIpc) is 3.23. The van der Waals surface area contributed by atoms with Gasteiger partial charge in [0.15, 0.2) is 6.29 Å². The van der Waals surface area contributed by atoms with Crippen molar-refractivity contribution < 1.29 is 19.7 Å². The maximum Gasteiger partial charge on any atom is 0.410 e. The van der Waals surface area contributed by atoms with Crippen LogP contribution in [0.1, 0.15) is 29.9 Å². The van der Waals surface area contributed by atoms with Crippen molar-refractivity contribution in [2.24, 2.45) is 0 Å². The Bertz CT molecular complexity index is 743. The van der Waals surface area contributed by atoms with Crippen molar-refractivity contribution in [3.05, 3.63) is 59.7 Å². The van der Waals surface area contributed by atoms with E-state index in [1.165, 1.54) is 16.0 Å². The smallest absolute Gasteiger partial charge is 0.410 e. The zero-order valence-electron chi connectivity index (χ0n) is 13.8. The molecule has 5 heteroatoms. The van der Waals surface area contributed by atoms with Crippen LogP contribution in [0.5, 0.6) is 0 Å². The summed E-state index contributed by atoms with van der Waals surface area (Å²) >= 11 is 0. The highest BCUT2D eigenvalue weighted by molar-refractivity contribution is 5.79. The molecule has 4 rings (SSSR count). The van der Waals surface area contributed by atoms with Gasteiger partial charge in [0.05, 0.1) is 6.04 Å². The molecule has 130 valence electrons. The Labute approximate surface area is 146 Å².